The second kappa shape index (κ2) is 7.72. The van der Waals surface area contributed by atoms with Gasteiger partial charge in [-0.1, -0.05) is 59.9 Å². The average Bonchev–Trinajstić information content (AvgIpc) is 3.13. The SMILES string of the molecule is NS(=O)(=O)c1nnc(N(CCc2ccccc2)S(=O)(=O)c2ccccc2)s1. The average molecular weight is 425 g/mol. The Morgan fingerprint density at radius 3 is 2.04 bits per heavy atom. The number of primary sulfonamides is 1. The largest absolute Gasteiger partial charge is 0.267 e. The van der Waals surface area contributed by atoms with Crippen LogP contribution in [0.3, 0.4) is 0 Å². The minimum atomic E-state index is -4.07. The van der Waals surface area contributed by atoms with E-state index in [2.05, 4.69) is 10.2 Å². The van der Waals surface area contributed by atoms with Crippen molar-refractivity contribution in [3.63, 3.8) is 0 Å². The minimum Gasteiger partial charge on any atom is -0.239 e. The summed E-state index contributed by atoms with van der Waals surface area (Å²) in [6.45, 7) is 0.0699. The van der Waals surface area contributed by atoms with Crippen LogP contribution < -0.4 is 9.44 Å². The molecule has 0 amide bonds. The van der Waals surface area contributed by atoms with Crippen LogP contribution in [0.2, 0.25) is 0 Å². The Kier molecular flexibility index (Phi) is 5.56. The first kappa shape index (κ1) is 19.4. The number of benzene rings is 2. The summed E-state index contributed by atoms with van der Waals surface area (Å²) >= 11 is 0.616. The van der Waals surface area contributed by atoms with Crippen molar-refractivity contribution in [3.8, 4) is 0 Å². The first-order chi connectivity index (χ1) is 12.8. The van der Waals surface area contributed by atoms with E-state index in [9.17, 15) is 16.8 Å². The summed E-state index contributed by atoms with van der Waals surface area (Å²) in [5.41, 5.74) is 0.932. The lowest BCUT2D eigenvalue weighted by Crippen LogP contribution is -2.33. The lowest BCUT2D eigenvalue weighted by atomic mass is 10.1. The molecule has 0 radical (unpaired) electrons. The molecule has 27 heavy (non-hydrogen) atoms. The van der Waals surface area contributed by atoms with Crippen molar-refractivity contribution in [1.82, 2.24) is 10.2 Å². The number of hydrogen-bond acceptors (Lipinski definition) is 7. The van der Waals surface area contributed by atoms with Crippen molar-refractivity contribution < 1.29 is 16.8 Å². The molecular formula is C16H16N4O4S3. The van der Waals surface area contributed by atoms with Crippen LogP contribution in [0.15, 0.2) is 69.9 Å². The van der Waals surface area contributed by atoms with Gasteiger partial charge in [0.15, 0.2) is 0 Å². The van der Waals surface area contributed by atoms with Crippen molar-refractivity contribution >= 4 is 36.5 Å². The highest BCUT2D eigenvalue weighted by Crippen LogP contribution is 2.28. The number of anilines is 1. The third-order valence-corrected chi connectivity index (χ3v) is 7.81. The Morgan fingerprint density at radius 2 is 1.48 bits per heavy atom. The van der Waals surface area contributed by atoms with Crippen LogP contribution in [-0.4, -0.2) is 33.6 Å². The molecule has 8 nitrogen and oxygen atoms in total. The molecule has 0 bridgehead atoms. The molecule has 0 saturated carbocycles. The van der Waals surface area contributed by atoms with E-state index in [0.717, 1.165) is 9.87 Å². The summed E-state index contributed by atoms with van der Waals surface area (Å²) in [4.78, 5) is 0.0745. The van der Waals surface area contributed by atoms with Crippen LogP contribution in [0, 0.1) is 0 Å². The van der Waals surface area contributed by atoms with Crippen molar-refractivity contribution in [2.24, 2.45) is 5.14 Å². The number of rotatable bonds is 7. The van der Waals surface area contributed by atoms with Crippen molar-refractivity contribution in [3.05, 3.63) is 66.2 Å². The van der Waals surface area contributed by atoms with E-state index in [-0.39, 0.29) is 16.6 Å². The van der Waals surface area contributed by atoms with E-state index in [1.54, 1.807) is 18.2 Å². The maximum atomic E-state index is 13.1. The lowest BCUT2D eigenvalue weighted by molar-refractivity contribution is 0.590. The van der Waals surface area contributed by atoms with Crippen LogP contribution in [-0.2, 0) is 26.5 Å². The van der Waals surface area contributed by atoms with Gasteiger partial charge in [0.25, 0.3) is 20.0 Å². The van der Waals surface area contributed by atoms with E-state index in [4.69, 9.17) is 5.14 Å². The Hall–Kier alpha value is -2.34. The normalized spacial score (nSPS) is 12.0. The number of nitrogens with zero attached hydrogens (tertiary/aromatic N) is 3. The van der Waals surface area contributed by atoms with Gasteiger partial charge in [0.05, 0.1) is 4.90 Å². The number of hydrogen-bond donors (Lipinski definition) is 1. The third kappa shape index (κ3) is 4.50. The van der Waals surface area contributed by atoms with Gasteiger partial charge in [-0.15, -0.1) is 10.2 Å². The van der Waals surface area contributed by atoms with Crippen LogP contribution in [0.1, 0.15) is 5.56 Å². The van der Waals surface area contributed by atoms with Gasteiger partial charge in [-0.25, -0.2) is 26.3 Å². The zero-order valence-electron chi connectivity index (χ0n) is 14.0. The Morgan fingerprint density at radius 1 is 0.889 bits per heavy atom. The smallest absolute Gasteiger partial charge is 0.239 e. The molecule has 1 heterocycles. The van der Waals surface area contributed by atoms with Gasteiger partial charge in [-0.2, -0.15) is 0 Å². The van der Waals surface area contributed by atoms with Crippen LogP contribution >= 0.6 is 11.3 Å². The topological polar surface area (TPSA) is 123 Å². The molecule has 0 aliphatic carbocycles. The molecule has 0 aliphatic rings. The highest BCUT2D eigenvalue weighted by molar-refractivity contribution is 7.93. The number of aromatic nitrogens is 2. The highest BCUT2D eigenvalue weighted by Gasteiger charge is 2.29. The van der Waals surface area contributed by atoms with Gasteiger partial charge in [-0.05, 0) is 24.1 Å². The summed E-state index contributed by atoms with van der Waals surface area (Å²) in [7, 11) is -8.02. The fraction of sp³-hybridized carbons (Fsp3) is 0.125. The van der Waals surface area contributed by atoms with Gasteiger partial charge < -0.3 is 0 Å². The second-order valence-corrected chi connectivity index (χ2v) is 10.1. The van der Waals surface area contributed by atoms with Gasteiger partial charge >= 0.3 is 0 Å². The number of nitrogens with two attached hydrogens (primary N) is 1. The van der Waals surface area contributed by atoms with Gasteiger partial charge in [0.2, 0.25) is 9.47 Å². The molecule has 0 atom stereocenters. The molecule has 3 aromatic rings. The molecule has 1 aromatic heterocycles. The predicted octanol–water partition coefficient (Wildman–Crippen LogP) is 1.62. The lowest BCUT2D eigenvalue weighted by Gasteiger charge is -2.21. The molecule has 0 fully saturated rings. The fourth-order valence-electron chi connectivity index (χ4n) is 2.33. The van der Waals surface area contributed by atoms with E-state index >= 15 is 0 Å². The molecule has 142 valence electrons. The van der Waals surface area contributed by atoms with Gasteiger partial charge in [0, 0.05) is 6.54 Å². The predicted molar refractivity (Wildman–Crippen MR) is 102 cm³/mol. The van der Waals surface area contributed by atoms with E-state index < -0.39 is 24.4 Å². The maximum Gasteiger partial charge on any atom is 0.267 e. The molecule has 3 rings (SSSR count). The van der Waals surface area contributed by atoms with Crippen molar-refractivity contribution in [2.75, 3.05) is 10.8 Å². The first-order valence-corrected chi connectivity index (χ1v) is 11.6. The quantitative estimate of drug-likeness (QED) is 0.615. The van der Waals surface area contributed by atoms with Crippen molar-refractivity contribution in [2.45, 2.75) is 15.7 Å². The van der Waals surface area contributed by atoms with E-state index in [0.29, 0.717) is 17.8 Å². The summed E-state index contributed by atoms with van der Waals surface area (Å²) < 4.78 is 49.8. The standard InChI is InChI=1S/C16H16N4O4S3/c17-26(21,22)16-19-18-15(25-16)20(12-11-13-7-3-1-4-8-13)27(23,24)14-9-5-2-6-10-14/h1-10H,11-12H2,(H2,17,21,22). The highest BCUT2D eigenvalue weighted by atomic mass is 32.2. The van der Waals surface area contributed by atoms with Crippen LogP contribution in [0.5, 0.6) is 0 Å². The number of sulfonamides is 2. The monoisotopic (exact) mass is 424 g/mol. The zero-order chi connectivity index (χ0) is 19.5. The molecule has 2 N–H and O–H groups in total. The molecular weight excluding hydrogens is 408 g/mol. The molecule has 0 aliphatic heterocycles. The summed E-state index contributed by atoms with van der Waals surface area (Å²) in [5, 5.41) is 12.3. The molecule has 0 saturated heterocycles. The molecule has 0 spiro atoms. The summed E-state index contributed by atoms with van der Waals surface area (Å²) in [6.07, 6.45) is 0.414. The molecule has 0 unspecified atom stereocenters. The minimum absolute atomic E-state index is 0.0567. The maximum absolute atomic E-state index is 13.1. The van der Waals surface area contributed by atoms with Gasteiger partial charge in [-0.3, -0.25) is 0 Å². The first-order valence-electron chi connectivity index (χ1n) is 7.76. The fourth-order valence-corrected chi connectivity index (χ4v) is 5.42. The van der Waals surface area contributed by atoms with E-state index in [1.807, 2.05) is 30.3 Å². The zero-order valence-corrected chi connectivity index (χ0v) is 16.4. The third-order valence-electron chi connectivity index (χ3n) is 3.63. The van der Waals surface area contributed by atoms with Crippen molar-refractivity contribution in [1.29, 1.82) is 0 Å². The van der Waals surface area contributed by atoms with Crippen LogP contribution in [0.25, 0.3) is 0 Å². The Labute approximate surface area is 161 Å². The van der Waals surface area contributed by atoms with E-state index in [1.165, 1.54) is 12.1 Å². The van der Waals surface area contributed by atoms with Crippen LogP contribution in [0.4, 0.5) is 5.13 Å². The molecule has 11 heteroatoms. The summed E-state index contributed by atoms with van der Waals surface area (Å²) in [6, 6.07) is 17.2. The Bertz CT molecular complexity index is 1110. The second-order valence-electron chi connectivity index (χ2n) is 5.52. The van der Waals surface area contributed by atoms with Gasteiger partial charge in [0.1, 0.15) is 0 Å². The summed E-state index contributed by atoms with van der Waals surface area (Å²) in [5.74, 6) is 0. The molecule has 2 aromatic carbocycles. The Balaban J connectivity index is 2.00.